The molecule has 5 heteroatoms. The zero-order valence-corrected chi connectivity index (χ0v) is 13.3. The number of likely N-dealkylation sites (N-methyl/N-ethyl adjacent to an activating group) is 1. The van der Waals surface area contributed by atoms with E-state index in [4.69, 9.17) is 4.74 Å². The summed E-state index contributed by atoms with van der Waals surface area (Å²) in [6, 6.07) is 9.91. The van der Waals surface area contributed by atoms with E-state index in [0.717, 1.165) is 42.7 Å². The molecule has 0 aliphatic carbocycles. The van der Waals surface area contributed by atoms with Gasteiger partial charge < -0.3 is 9.64 Å². The summed E-state index contributed by atoms with van der Waals surface area (Å²) in [7, 11) is 2.13. The highest BCUT2D eigenvalue weighted by molar-refractivity contribution is 6.06. The van der Waals surface area contributed by atoms with E-state index in [1.54, 1.807) is 6.20 Å². The SMILES string of the molecule is CN1C[C@H]2COC[C@@H]1CN(C(=O)c1cccc3ncccc13)C2. The molecule has 2 saturated heterocycles. The van der Waals surface area contributed by atoms with E-state index in [2.05, 4.69) is 16.9 Å². The van der Waals surface area contributed by atoms with Gasteiger partial charge in [0.05, 0.1) is 24.8 Å². The summed E-state index contributed by atoms with van der Waals surface area (Å²) in [4.78, 5) is 21.8. The normalized spacial score (nSPS) is 25.3. The zero-order chi connectivity index (χ0) is 15.8. The van der Waals surface area contributed by atoms with Gasteiger partial charge in [-0.15, -0.1) is 0 Å². The monoisotopic (exact) mass is 311 g/mol. The number of carbonyl (C=O) groups excluding carboxylic acids is 1. The molecule has 120 valence electrons. The molecule has 2 aliphatic heterocycles. The fourth-order valence-corrected chi connectivity index (χ4v) is 3.68. The fourth-order valence-electron chi connectivity index (χ4n) is 3.68. The molecule has 1 amide bonds. The second kappa shape index (κ2) is 5.91. The Hall–Kier alpha value is -1.98. The molecule has 2 aliphatic rings. The van der Waals surface area contributed by atoms with Crippen LogP contribution in [0.25, 0.3) is 10.9 Å². The topological polar surface area (TPSA) is 45.7 Å². The number of nitrogens with zero attached hydrogens (tertiary/aromatic N) is 3. The average molecular weight is 311 g/mol. The maximum absolute atomic E-state index is 13.1. The van der Waals surface area contributed by atoms with Crippen molar-refractivity contribution in [3.05, 3.63) is 42.1 Å². The van der Waals surface area contributed by atoms with Gasteiger partial charge >= 0.3 is 0 Å². The van der Waals surface area contributed by atoms with Crippen LogP contribution in [0.15, 0.2) is 36.5 Å². The smallest absolute Gasteiger partial charge is 0.254 e. The van der Waals surface area contributed by atoms with Crippen LogP contribution in [0, 0.1) is 5.92 Å². The molecule has 2 aromatic rings. The highest BCUT2D eigenvalue weighted by Crippen LogP contribution is 2.23. The molecule has 5 nitrogen and oxygen atoms in total. The summed E-state index contributed by atoms with van der Waals surface area (Å²) in [6.07, 6.45) is 1.76. The van der Waals surface area contributed by atoms with Gasteiger partial charge in [-0.25, -0.2) is 0 Å². The lowest BCUT2D eigenvalue weighted by atomic mass is 10.1. The Balaban J connectivity index is 1.68. The van der Waals surface area contributed by atoms with Crippen LogP contribution in [0.4, 0.5) is 0 Å². The van der Waals surface area contributed by atoms with Gasteiger partial charge in [0.15, 0.2) is 0 Å². The Bertz CT molecular complexity index is 728. The number of rotatable bonds is 1. The van der Waals surface area contributed by atoms with E-state index in [0.29, 0.717) is 12.5 Å². The van der Waals surface area contributed by atoms with Crippen molar-refractivity contribution in [1.82, 2.24) is 14.8 Å². The second-order valence-corrected chi connectivity index (χ2v) is 6.58. The van der Waals surface area contributed by atoms with Gasteiger partial charge in [-0.05, 0) is 25.2 Å². The molecule has 23 heavy (non-hydrogen) atoms. The van der Waals surface area contributed by atoms with E-state index in [1.807, 2.05) is 35.2 Å². The van der Waals surface area contributed by atoms with E-state index in [9.17, 15) is 4.79 Å². The molecule has 2 atom stereocenters. The number of carbonyl (C=O) groups is 1. The Morgan fingerprint density at radius 3 is 3.00 bits per heavy atom. The highest BCUT2D eigenvalue weighted by Gasteiger charge is 2.33. The van der Waals surface area contributed by atoms with Crippen molar-refractivity contribution >= 4 is 16.8 Å². The lowest BCUT2D eigenvalue weighted by Gasteiger charge is -2.30. The van der Waals surface area contributed by atoms with Gasteiger partial charge in [0, 0.05) is 42.7 Å². The first-order valence-electron chi connectivity index (χ1n) is 8.13. The summed E-state index contributed by atoms with van der Waals surface area (Å²) in [5.74, 6) is 0.486. The van der Waals surface area contributed by atoms with Crippen LogP contribution in [-0.4, -0.2) is 66.6 Å². The van der Waals surface area contributed by atoms with Gasteiger partial charge in [0.1, 0.15) is 0 Å². The van der Waals surface area contributed by atoms with Crippen molar-refractivity contribution in [3.8, 4) is 0 Å². The highest BCUT2D eigenvalue weighted by atomic mass is 16.5. The number of benzene rings is 1. The van der Waals surface area contributed by atoms with E-state index in [-0.39, 0.29) is 11.9 Å². The first-order chi connectivity index (χ1) is 11.2. The molecule has 0 saturated carbocycles. The lowest BCUT2D eigenvalue weighted by molar-refractivity contribution is 0.0435. The minimum atomic E-state index is 0.107. The summed E-state index contributed by atoms with van der Waals surface area (Å²) in [6.45, 7) is 3.92. The number of fused-ring (bicyclic) bond motifs is 4. The quantitative estimate of drug-likeness (QED) is 0.803. The van der Waals surface area contributed by atoms with Crippen molar-refractivity contribution in [2.45, 2.75) is 6.04 Å². The molecule has 1 aromatic heterocycles. The van der Waals surface area contributed by atoms with Gasteiger partial charge in [0.25, 0.3) is 5.91 Å². The number of amides is 1. The predicted molar refractivity (Wildman–Crippen MR) is 88.4 cm³/mol. The molecule has 0 unspecified atom stereocenters. The van der Waals surface area contributed by atoms with Crippen LogP contribution in [0.3, 0.4) is 0 Å². The zero-order valence-electron chi connectivity index (χ0n) is 13.3. The third-order valence-electron chi connectivity index (χ3n) is 4.91. The van der Waals surface area contributed by atoms with Gasteiger partial charge in [0.2, 0.25) is 0 Å². The maximum atomic E-state index is 13.1. The number of pyridine rings is 1. The van der Waals surface area contributed by atoms with Crippen molar-refractivity contribution in [2.24, 2.45) is 5.92 Å². The molecule has 3 heterocycles. The minimum Gasteiger partial charge on any atom is -0.379 e. The number of aromatic nitrogens is 1. The van der Waals surface area contributed by atoms with Crippen LogP contribution >= 0.6 is 0 Å². The minimum absolute atomic E-state index is 0.107. The molecular formula is C18H21N3O2. The molecule has 0 radical (unpaired) electrons. The van der Waals surface area contributed by atoms with Crippen LogP contribution in [0.2, 0.25) is 0 Å². The molecular weight excluding hydrogens is 290 g/mol. The Kier molecular flexibility index (Phi) is 3.75. The van der Waals surface area contributed by atoms with Gasteiger partial charge in [-0.1, -0.05) is 12.1 Å². The van der Waals surface area contributed by atoms with Gasteiger partial charge in [-0.3, -0.25) is 14.7 Å². The average Bonchev–Trinajstić information content (AvgIpc) is 2.82. The van der Waals surface area contributed by atoms with Crippen molar-refractivity contribution in [2.75, 3.05) is 39.9 Å². The lowest BCUT2D eigenvalue weighted by Crippen LogP contribution is -2.44. The largest absolute Gasteiger partial charge is 0.379 e. The third kappa shape index (κ3) is 2.71. The molecule has 2 bridgehead atoms. The number of hydrogen-bond donors (Lipinski definition) is 0. The Labute approximate surface area is 135 Å². The van der Waals surface area contributed by atoms with Crippen LogP contribution in [-0.2, 0) is 4.74 Å². The summed E-state index contributed by atoms with van der Waals surface area (Å²) < 4.78 is 5.75. The van der Waals surface area contributed by atoms with Crippen molar-refractivity contribution < 1.29 is 9.53 Å². The van der Waals surface area contributed by atoms with E-state index in [1.165, 1.54) is 0 Å². The third-order valence-corrected chi connectivity index (χ3v) is 4.91. The Morgan fingerprint density at radius 2 is 2.09 bits per heavy atom. The molecule has 1 aromatic carbocycles. The fraction of sp³-hybridized carbons (Fsp3) is 0.444. The Morgan fingerprint density at radius 1 is 1.17 bits per heavy atom. The standard InChI is InChI=1S/C18H21N3O2/c1-20-8-13-9-21(10-14(20)12-23-11-13)18(22)16-4-2-6-17-15(16)5-3-7-19-17/h2-7,13-14H,8-12H2,1H3/t13-,14+/m1/s1. The molecule has 0 N–H and O–H groups in total. The summed E-state index contributed by atoms with van der Waals surface area (Å²) in [5.41, 5.74) is 1.62. The van der Waals surface area contributed by atoms with Crippen LogP contribution in [0.1, 0.15) is 10.4 Å². The summed E-state index contributed by atoms with van der Waals surface area (Å²) >= 11 is 0. The number of ether oxygens (including phenoxy) is 1. The van der Waals surface area contributed by atoms with E-state index < -0.39 is 0 Å². The molecule has 0 spiro atoms. The van der Waals surface area contributed by atoms with Crippen LogP contribution in [0.5, 0.6) is 0 Å². The van der Waals surface area contributed by atoms with E-state index >= 15 is 0 Å². The predicted octanol–water partition coefficient (Wildman–Crippen LogP) is 1.64. The first-order valence-corrected chi connectivity index (χ1v) is 8.13. The van der Waals surface area contributed by atoms with Crippen molar-refractivity contribution in [3.63, 3.8) is 0 Å². The van der Waals surface area contributed by atoms with Crippen LogP contribution < -0.4 is 0 Å². The molecule has 2 fully saturated rings. The molecule has 4 rings (SSSR count). The van der Waals surface area contributed by atoms with Crippen molar-refractivity contribution in [1.29, 1.82) is 0 Å². The summed E-state index contributed by atoms with van der Waals surface area (Å²) in [5, 5.41) is 0.930. The maximum Gasteiger partial charge on any atom is 0.254 e. The van der Waals surface area contributed by atoms with Gasteiger partial charge in [-0.2, -0.15) is 0 Å². The number of hydrogen-bond acceptors (Lipinski definition) is 4. The first kappa shape index (κ1) is 14.6. The second-order valence-electron chi connectivity index (χ2n) is 6.58.